The molecule has 0 atom stereocenters. The lowest BCUT2D eigenvalue weighted by Gasteiger charge is -2.27. The van der Waals surface area contributed by atoms with Gasteiger partial charge >= 0.3 is 0 Å². The maximum absolute atomic E-state index is 12.6. The van der Waals surface area contributed by atoms with Crippen molar-refractivity contribution in [1.82, 2.24) is 10.2 Å². The smallest absolute Gasteiger partial charge is 0.265 e. The molecule has 0 unspecified atom stereocenters. The van der Waals surface area contributed by atoms with Gasteiger partial charge in [0.1, 0.15) is 17.1 Å². The van der Waals surface area contributed by atoms with Gasteiger partial charge in [0.25, 0.3) is 11.8 Å². The Balaban J connectivity index is 1.98. The first-order valence-electron chi connectivity index (χ1n) is 7.67. The first-order valence-corrected chi connectivity index (χ1v) is 8.07. The van der Waals surface area contributed by atoms with Crippen molar-refractivity contribution in [2.75, 3.05) is 6.54 Å². The van der Waals surface area contributed by atoms with E-state index in [1.165, 1.54) is 11.0 Å². The summed E-state index contributed by atoms with van der Waals surface area (Å²) < 4.78 is 5.77. The van der Waals surface area contributed by atoms with Crippen LogP contribution in [0.5, 0.6) is 0 Å². The van der Waals surface area contributed by atoms with Crippen molar-refractivity contribution in [3.63, 3.8) is 0 Å². The fourth-order valence-corrected chi connectivity index (χ4v) is 2.78. The molecule has 2 amide bonds. The third-order valence-corrected chi connectivity index (χ3v) is 4.13. The van der Waals surface area contributed by atoms with Gasteiger partial charge in [-0.05, 0) is 31.3 Å². The molecule has 5 nitrogen and oxygen atoms in total. The third-order valence-electron chi connectivity index (χ3n) is 3.81. The highest BCUT2D eigenvalue weighted by molar-refractivity contribution is 7.80. The third kappa shape index (κ3) is 3.29. The molecule has 3 rings (SSSR count). The number of nitrogens with zero attached hydrogens (tertiary/aromatic N) is 1. The minimum Gasteiger partial charge on any atom is -0.461 e. The molecule has 1 fully saturated rings. The molecule has 1 aromatic heterocycles. The largest absolute Gasteiger partial charge is 0.461 e. The Morgan fingerprint density at radius 2 is 2.00 bits per heavy atom. The first-order chi connectivity index (χ1) is 12.0. The molecule has 0 bridgehead atoms. The number of amides is 2. The van der Waals surface area contributed by atoms with E-state index in [1.807, 2.05) is 36.4 Å². The van der Waals surface area contributed by atoms with E-state index in [0.29, 0.717) is 17.1 Å². The molecule has 0 radical (unpaired) electrons. The van der Waals surface area contributed by atoms with Crippen molar-refractivity contribution in [2.24, 2.45) is 0 Å². The van der Waals surface area contributed by atoms with Crippen LogP contribution in [0.4, 0.5) is 0 Å². The Morgan fingerprint density at radius 3 is 2.68 bits per heavy atom. The van der Waals surface area contributed by atoms with Crippen LogP contribution in [0.25, 0.3) is 17.4 Å². The van der Waals surface area contributed by atoms with Gasteiger partial charge in [0.05, 0.1) is 0 Å². The molecule has 1 aliphatic heterocycles. The van der Waals surface area contributed by atoms with E-state index in [1.54, 1.807) is 13.0 Å². The molecule has 2 aromatic rings. The molecule has 0 aliphatic carbocycles. The van der Waals surface area contributed by atoms with E-state index in [9.17, 15) is 9.59 Å². The van der Waals surface area contributed by atoms with Gasteiger partial charge in [0.15, 0.2) is 5.11 Å². The number of carbonyl (C=O) groups is 2. The first kappa shape index (κ1) is 16.9. The number of nitrogens with one attached hydrogen (secondary N) is 1. The minimum absolute atomic E-state index is 0.0129. The Labute approximate surface area is 150 Å². The molecule has 1 aromatic carbocycles. The summed E-state index contributed by atoms with van der Waals surface area (Å²) in [5, 5.41) is 2.61. The van der Waals surface area contributed by atoms with Gasteiger partial charge in [-0.1, -0.05) is 36.4 Å². The molecule has 25 heavy (non-hydrogen) atoms. The maximum Gasteiger partial charge on any atom is 0.265 e. The van der Waals surface area contributed by atoms with Crippen LogP contribution in [0.1, 0.15) is 11.3 Å². The van der Waals surface area contributed by atoms with Crippen LogP contribution in [0.3, 0.4) is 0 Å². The molecule has 0 spiro atoms. The van der Waals surface area contributed by atoms with Gasteiger partial charge in [0, 0.05) is 17.7 Å². The molecule has 1 N–H and O–H groups in total. The van der Waals surface area contributed by atoms with Gasteiger partial charge in [-0.2, -0.15) is 0 Å². The van der Waals surface area contributed by atoms with Gasteiger partial charge in [-0.3, -0.25) is 19.8 Å². The monoisotopic (exact) mass is 352 g/mol. The van der Waals surface area contributed by atoms with Crippen LogP contribution >= 0.6 is 12.2 Å². The second-order valence-electron chi connectivity index (χ2n) is 5.51. The van der Waals surface area contributed by atoms with Crippen LogP contribution in [0.15, 0.2) is 59.0 Å². The standard InChI is InChI=1S/C19H16N2O3S/c1-3-9-21-18(23)15(17(22)20-19(21)25)10-14-11-16(24-12(14)2)13-7-5-4-6-8-13/h3-8,10-11H,1,9H2,2H3,(H,20,22,25)/b15-10-. The number of aryl methyl sites for hydroxylation is 1. The number of hydrogen-bond donors (Lipinski definition) is 1. The number of carbonyl (C=O) groups excluding carboxylic acids is 2. The summed E-state index contributed by atoms with van der Waals surface area (Å²) in [7, 11) is 0. The number of benzene rings is 1. The van der Waals surface area contributed by atoms with Crippen LogP contribution in [0, 0.1) is 6.92 Å². The van der Waals surface area contributed by atoms with Gasteiger partial charge in [-0.15, -0.1) is 6.58 Å². The summed E-state index contributed by atoms with van der Waals surface area (Å²) in [6, 6.07) is 11.4. The molecule has 1 aliphatic rings. The number of thiocarbonyl (C=S) groups is 1. The molecule has 126 valence electrons. The van der Waals surface area contributed by atoms with Gasteiger partial charge in [0.2, 0.25) is 0 Å². The minimum atomic E-state index is -0.517. The fraction of sp³-hybridized carbons (Fsp3) is 0.105. The quantitative estimate of drug-likeness (QED) is 0.398. The molecule has 2 heterocycles. The maximum atomic E-state index is 12.6. The fourth-order valence-electron chi connectivity index (χ4n) is 2.53. The average Bonchev–Trinajstić information content (AvgIpc) is 2.97. The van der Waals surface area contributed by atoms with Crippen LogP contribution in [0.2, 0.25) is 0 Å². The van der Waals surface area contributed by atoms with Crippen LogP contribution in [-0.2, 0) is 9.59 Å². The Kier molecular flexibility index (Phi) is 4.63. The zero-order valence-electron chi connectivity index (χ0n) is 13.6. The summed E-state index contributed by atoms with van der Waals surface area (Å²) in [6.45, 7) is 5.62. The Hall–Kier alpha value is -2.99. The van der Waals surface area contributed by atoms with E-state index >= 15 is 0 Å². The number of rotatable bonds is 4. The molecular formula is C19H16N2O3S. The zero-order valence-corrected chi connectivity index (χ0v) is 14.4. The van der Waals surface area contributed by atoms with Crippen molar-refractivity contribution in [1.29, 1.82) is 0 Å². The second-order valence-corrected chi connectivity index (χ2v) is 5.90. The van der Waals surface area contributed by atoms with E-state index in [4.69, 9.17) is 16.6 Å². The van der Waals surface area contributed by atoms with E-state index in [0.717, 1.165) is 5.56 Å². The summed E-state index contributed by atoms with van der Waals surface area (Å²) in [4.78, 5) is 26.0. The average molecular weight is 352 g/mol. The molecular weight excluding hydrogens is 336 g/mol. The highest BCUT2D eigenvalue weighted by atomic mass is 32.1. The van der Waals surface area contributed by atoms with E-state index in [2.05, 4.69) is 11.9 Å². The van der Waals surface area contributed by atoms with Crippen molar-refractivity contribution in [2.45, 2.75) is 6.92 Å². The summed E-state index contributed by atoms with van der Waals surface area (Å²) >= 11 is 5.04. The van der Waals surface area contributed by atoms with Crippen molar-refractivity contribution in [3.8, 4) is 11.3 Å². The summed E-state index contributed by atoms with van der Waals surface area (Å²) in [5.74, 6) is 0.329. The van der Waals surface area contributed by atoms with Crippen molar-refractivity contribution in [3.05, 3.63) is 65.9 Å². The van der Waals surface area contributed by atoms with Gasteiger partial charge < -0.3 is 4.42 Å². The summed E-state index contributed by atoms with van der Waals surface area (Å²) in [6.07, 6.45) is 3.08. The van der Waals surface area contributed by atoms with E-state index in [-0.39, 0.29) is 17.2 Å². The van der Waals surface area contributed by atoms with Crippen LogP contribution < -0.4 is 5.32 Å². The SMILES string of the molecule is C=CCN1C(=O)/C(=C\c2cc(-c3ccccc3)oc2C)C(=O)NC1=S. The van der Waals surface area contributed by atoms with Gasteiger partial charge in [-0.25, -0.2) is 0 Å². The van der Waals surface area contributed by atoms with Crippen molar-refractivity contribution < 1.29 is 14.0 Å². The molecule has 0 saturated carbocycles. The number of furan rings is 1. The second kappa shape index (κ2) is 6.86. The molecule has 6 heteroatoms. The highest BCUT2D eigenvalue weighted by Crippen LogP contribution is 2.27. The number of hydrogen-bond acceptors (Lipinski definition) is 4. The van der Waals surface area contributed by atoms with E-state index < -0.39 is 11.8 Å². The lowest BCUT2D eigenvalue weighted by molar-refractivity contribution is -0.128. The molecule has 1 saturated heterocycles. The lowest BCUT2D eigenvalue weighted by Crippen LogP contribution is -2.53. The zero-order chi connectivity index (χ0) is 18.0. The normalized spacial score (nSPS) is 16.3. The highest BCUT2D eigenvalue weighted by Gasteiger charge is 2.32. The Morgan fingerprint density at radius 1 is 1.28 bits per heavy atom. The Bertz CT molecular complexity index is 897. The van der Waals surface area contributed by atoms with Crippen molar-refractivity contribution >= 4 is 35.2 Å². The predicted molar refractivity (Wildman–Crippen MR) is 99.5 cm³/mol. The lowest BCUT2D eigenvalue weighted by atomic mass is 10.1. The van der Waals surface area contributed by atoms with Crippen LogP contribution in [-0.4, -0.2) is 28.4 Å². The summed E-state index contributed by atoms with van der Waals surface area (Å²) in [5.41, 5.74) is 1.60. The topological polar surface area (TPSA) is 62.6 Å². The predicted octanol–water partition coefficient (Wildman–Crippen LogP) is 3.07.